The number of fused-ring (bicyclic) bond motifs is 1. The molecule has 0 atom stereocenters. The van der Waals surface area contributed by atoms with E-state index in [9.17, 15) is 9.90 Å². The zero-order valence-corrected chi connectivity index (χ0v) is 10.7. The van der Waals surface area contributed by atoms with Crippen LogP contribution in [0.5, 0.6) is 0 Å². The molecule has 0 spiro atoms. The van der Waals surface area contributed by atoms with E-state index in [0.717, 1.165) is 10.9 Å². The van der Waals surface area contributed by atoms with Crippen LogP contribution in [0.2, 0.25) is 0 Å². The maximum absolute atomic E-state index is 11.9. The van der Waals surface area contributed by atoms with Gasteiger partial charge in [-0.3, -0.25) is 4.79 Å². The lowest BCUT2D eigenvalue weighted by molar-refractivity contribution is 0.275. The highest BCUT2D eigenvalue weighted by molar-refractivity contribution is 5.91. The molecule has 1 heterocycles. The monoisotopic (exact) mass is 264 g/mol. The Morgan fingerprint density at radius 2 is 1.60 bits per heavy atom. The molecular weight excluding hydrogens is 252 g/mol. The lowest BCUT2D eigenvalue weighted by atomic mass is 10.1. The van der Waals surface area contributed by atoms with Gasteiger partial charge in [0.25, 0.3) is 5.56 Å². The topological polar surface area (TPSA) is 63.1 Å². The Balaban J connectivity index is 2.47. The number of rotatable bonds is 2. The lowest BCUT2D eigenvalue weighted by Crippen LogP contribution is -2.10. The van der Waals surface area contributed by atoms with Crippen molar-refractivity contribution in [2.45, 2.75) is 6.61 Å². The second-order valence-electron chi connectivity index (χ2n) is 4.37. The first-order chi connectivity index (χ1) is 9.79. The summed E-state index contributed by atoms with van der Waals surface area (Å²) in [7, 11) is 0. The maximum Gasteiger partial charge on any atom is 0.294 e. The van der Waals surface area contributed by atoms with Gasteiger partial charge in [-0.25, -0.2) is 9.97 Å². The third-order valence-corrected chi connectivity index (χ3v) is 3.07. The number of benzene rings is 2. The Labute approximate surface area is 115 Å². The van der Waals surface area contributed by atoms with Crippen molar-refractivity contribution in [1.82, 2.24) is 9.97 Å². The third-order valence-electron chi connectivity index (χ3n) is 3.07. The highest BCUT2D eigenvalue weighted by Gasteiger charge is 2.09. The molecular formula is C16H12N2O2. The number of aliphatic hydroxyl groups excluding tert-OH is 1. The molecule has 20 heavy (non-hydrogen) atoms. The van der Waals surface area contributed by atoms with E-state index in [1.165, 1.54) is 0 Å². The number of aromatic nitrogens is 2. The Kier molecular flexibility index (Phi) is 3.23. The third kappa shape index (κ3) is 2.17. The van der Waals surface area contributed by atoms with Gasteiger partial charge in [-0.05, 0) is 6.07 Å². The number of hydrogen-bond donors (Lipinski definition) is 1. The van der Waals surface area contributed by atoms with Crippen molar-refractivity contribution in [3.05, 3.63) is 70.6 Å². The molecule has 0 bridgehead atoms. The molecule has 3 rings (SSSR count). The molecule has 1 N–H and O–H groups in total. The van der Waals surface area contributed by atoms with E-state index in [2.05, 4.69) is 9.97 Å². The summed E-state index contributed by atoms with van der Waals surface area (Å²) in [6.07, 6.45) is 0. The summed E-state index contributed by atoms with van der Waals surface area (Å²) < 4.78 is 0. The van der Waals surface area contributed by atoms with Crippen molar-refractivity contribution < 1.29 is 5.11 Å². The van der Waals surface area contributed by atoms with Crippen LogP contribution in [0.4, 0.5) is 0 Å². The minimum atomic E-state index is -0.495. The Morgan fingerprint density at radius 3 is 2.35 bits per heavy atom. The van der Waals surface area contributed by atoms with Crippen LogP contribution in [0.1, 0.15) is 5.69 Å². The summed E-state index contributed by atoms with van der Waals surface area (Å²) in [6.45, 7) is -0.424. The molecule has 3 aromatic rings. The van der Waals surface area contributed by atoms with Gasteiger partial charge in [0, 0.05) is 10.9 Å². The molecule has 0 fully saturated rings. The van der Waals surface area contributed by atoms with E-state index < -0.39 is 12.2 Å². The standard InChI is InChI=1S/C16H12N2O2/c19-10-14-16(20)18-13-9-5-4-8-12(13)15(17-14)11-6-2-1-3-7-11/h1-9,19H,10H2. The molecule has 0 aliphatic carbocycles. The Bertz CT molecular complexity index is 817. The number of para-hydroxylation sites is 1. The van der Waals surface area contributed by atoms with Crippen LogP contribution in [-0.4, -0.2) is 15.1 Å². The zero-order chi connectivity index (χ0) is 13.9. The fourth-order valence-corrected chi connectivity index (χ4v) is 2.11. The quantitative estimate of drug-likeness (QED) is 0.770. The minimum absolute atomic E-state index is 0.0556. The molecule has 1 aromatic heterocycles. The SMILES string of the molecule is O=c1nc2ccccc2c(-c2ccccc2)nc1CO. The fraction of sp³-hybridized carbons (Fsp3) is 0.0625. The number of aliphatic hydroxyl groups is 1. The van der Waals surface area contributed by atoms with Gasteiger partial charge in [0.2, 0.25) is 0 Å². The average molecular weight is 264 g/mol. The van der Waals surface area contributed by atoms with Crippen LogP contribution < -0.4 is 5.56 Å². The van der Waals surface area contributed by atoms with Crippen LogP contribution in [0.25, 0.3) is 22.2 Å². The summed E-state index contributed by atoms with van der Waals surface area (Å²) in [6, 6.07) is 16.9. The summed E-state index contributed by atoms with van der Waals surface area (Å²) in [4.78, 5) is 20.3. The van der Waals surface area contributed by atoms with E-state index in [-0.39, 0.29) is 5.69 Å². The Morgan fingerprint density at radius 1 is 0.900 bits per heavy atom. The lowest BCUT2D eigenvalue weighted by Gasteiger charge is -2.01. The van der Waals surface area contributed by atoms with E-state index in [4.69, 9.17) is 0 Å². The molecule has 4 nitrogen and oxygen atoms in total. The summed E-state index contributed by atoms with van der Waals surface area (Å²) in [5.74, 6) is 0. The first-order valence-electron chi connectivity index (χ1n) is 6.26. The predicted octanol–water partition coefficient (Wildman–Crippen LogP) is 2.15. The van der Waals surface area contributed by atoms with Crippen molar-refractivity contribution in [3.8, 4) is 11.3 Å². The minimum Gasteiger partial charge on any atom is -0.390 e. The molecule has 0 aliphatic rings. The molecule has 0 radical (unpaired) electrons. The van der Waals surface area contributed by atoms with Crippen LogP contribution >= 0.6 is 0 Å². The van der Waals surface area contributed by atoms with Crippen LogP contribution in [0.15, 0.2) is 59.4 Å². The zero-order valence-electron chi connectivity index (χ0n) is 10.7. The van der Waals surface area contributed by atoms with Crippen molar-refractivity contribution in [3.63, 3.8) is 0 Å². The maximum atomic E-state index is 11.9. The van der Waals surface area contributed by atoms with E-state index in [1.54, 1.807) is 6.07 Å². The molecule has 0 aliphatic heterocycles. The molecule has 0 unspecified atom stereocenters. The van der Waals surface area contributed by atoms with Gasteiger partial charge in [0.05, 0.1) is 17.8 Å². The first kappa shape index (κ1) is 12.4. The van der Waals surface area contributed by atoms with Crippen molar-refractivity contribution in [2.75, 3.05) is 0 Å². The number of nitrogens with zero attached hydrogens (tertiary/aromatic N) is 2. The van der Waals surface area contributed by atoms with Crippen LogP contribution in [0.3, 0.4) is 0 Å². The van der Waals surface area contributed by atoms with Crippen molar-refractivity contribution in [2.24, 2.45) is 0 Å². The second kappa shape index (κ2) is 5.19. The highest BCUT2D eigenvalue weighted by Crippen LogP contribution is 2.24. The molecule has 4 heteroatoms. The number of hydrogen-bond acceptors (Lipinski definition) is 4. The summed E-state index contributed by atoms with van der Waals surface area (Å²) in [5, 5.41) is 10.1. The van der Waals surface area contributed by atoms with Gasteiger partial charge < -0.3 is 5.11 Å². The fourth-order valence-electron chi connectivity index (χ4n) is 2.11. The predicted molar refractivity (Wildman–Crippen MR) is 77.2 cm³/mol. The smallest absolute Gasteiger partial charge is 0.294 e. The van der Waals surface area contributed by atoms with Crippen LogP contribution in [0, 0.1) is 0 Å². The summed E-state index contributed by atoms with van der Waals surface area (Å²) >= 11 is 0. The van der Waals surface area contributed by atoms with Gasteiger partial charge in [-0.2, -0.15) is 0 Å². The van der Waals surface area contributed by atoms with E-state index in [0.29, 0.717) is 11.2 Å². The van der Waals surface area contributed by atoms with E-state index in [1.807, 2.05) is 48.5 Å². The molecule has 0 saturated carbocycles. The second-order valence-corrected chi connectivity index (χ2v) is 4.37. The van der Waals surface area contributed by atoms with E-state index >= 15 is 0 Å². The Hall–Kier alpha value is -2.59. The van der Waals surface area contributed by atoms with Crippen LogP contribution in [-0.2, 0) is 6.61 Å². The first-order valence-corrected chi connectivity index (χ1v) is 6.26. The largest absolute Gasteiger partial charge is 0.390 e. The van der Waals surface area contributed by atoms with Gasteiger partial charge >= 0.3 is 0 Å². The van der Waals surface area contributed by atoms with Gasteiger partial charge in [0.1, 0.15) is 5.69 Å². The van der Waals surface area contributed by atoms with Gasteiger partial charge in [0.15, 0.2) is 0 Å². The molecule has 98 valence electrons. The van der Waals surface area contributed by atoms with Crippen molar-refractivity contribution in [1.29, 1.82) is 0 Å². The molecule has 0 amide bonds. The molecule has 0 saturated heterocycles. The highest BCUT2D eigenvalue weighted by atomic mass is 16.3. The van der Waals surface area contributed by atoms with Crippen molar-refractivity contribution >= 4 is 10.9 Å². The molecule has 2 aromatic carbocycles. The van der Waals surface area contributed by atoms with Gasteiger partial charge in [-0.1, -0.05) is 48.5 Å². The average Bonchev–Trinajstić information content (AvgIpc) is 2.64. The summed E-state index contributed by atoms with van der Waals surface area (Å²) in [5.41, 5.74) is 1.67. The van der Waals surface area contributed by atoms with Gasteiger partial charge in [-0.15, -0.1) is 0 Å². The normalized spacial score (nSPS) is 10.7.